The van der Waals surface area contributed by atoms with Gasteiger partial charge >= 0.3 is 0 Å². The molecular weight excluding hydrogens is 260 g/mol. The van der Waals surface area contributed by atoms with Crippen molar-refractivity contribution in [1.29, 1.82) is 0 Å². The molecule has 0 radical (unpaired) electrons. The van der Waals surface area contributed by atoms with Gasteiger partial charge in [0.25, 0.3) is 0 Å². The molecule has 0 amide bonds. The predicted molar refractivity (Wildman–Crippen MR) is 83.3 cm³/mol. The van der Waals surface area contributed by atoms with Crippen molar-refractivity contribution in [2.45, 2.75) is 31.7 Å². The number of fused-ring (bicyclic) bond motifs is 2. The van der Waals surface area contributed by atoms with Gasteiger partial charge in [0.15, 0.2) is 0 Å². The van der Waals surface area contributed by atoms with Crippen LogP contribution in [0, 0.1) is 0 Å². The summed E-state index contributed by atoms with van der Waals surface area (Å²) in [5.74, 6) is 1.11. The molecule has 1 unspecified atom stereocenters. The molecule has 108 valence electrons. The molecule has 1 aromatic heterocycles. The van der Waals surface area contributed by atoms with Crippen molar-refractivity contribution in [1.82, 2.24) is 9.97 Å². The normalized spacial score (nSPS) is 20.2. The molecular formula is C17H20N4. The molecule has 0 bridgehead atoms. The van der Waals surface area contributed by atoms with Gasteiger partial charge in [-0.05, 0) is 36.8 Å². The van der Waals surface area contributed by atoms with E-state index in [-0.39, 0.29) is 6.04 Å². The Balaban J connectivity index is 1.78. The molecule has 21 heavy (non-hydrogen) atoms. The third-order valence-electron chi connectivity index (χ3n) is 4.76. The van der Waals surface area contributed by atoms with E-state index >= 15 is 0 Å². The zero-order chi connectivity index (χ0) is 14.2. The van der Waals surface area contributed by atoms with Gasteiger partial charge in [0.1, 0.15) is 12.1 Å². The molecule has 0 spiro atoms. The van der Waals surface area contributed by atoms with Crippen LogP contribution in [0.4, 0.5) is 5.82 Å². The van der Waals surface area contributed by atoms with Crippen molar-refractivity contribution < 1.29 is 0 Å². The third kappa shape index (κ3) is 2.02. The Morgan fingerprint density at radius 1 is 1.14 bits per heavy atom. The number of benzene rings is 1. The minimum absolute atomic E-state index is 0.231. The molecule has 1 atom stereocenters. The number of nitrogens with zero attached hydrogens (tertiary/aromatic N) is 3. The number of anilines is 1. The average molecular weight is 280 g/mol. The summed E-state index contributed by atoms with van der Waals surface area (Å²) >= 11 is 0. The molecule has 4 heteroatoms. The van der Waals surface area contributed by atoms with Crippen LogP contribution in [0.2, 0.25) is 0 Å². The topological polar surface area (TPSA) is 55.0 Å². The summed E-state index contributed by atoms with van der Waals surface area (Å²) in [6.07, 6.45) is 6.15. The number of aryl methyl sites for hydroxylation is 1. The fourth-order valence-electron chi connectivity index (χ4n) is 3.75. The number of nitrogens with two attached hydrogens (primary N) is 1. The van der Waals surface area contributed by atoms with E-state index in [2.05, 4.69) is 39.1 Å². The summed E-state index contributed by atoms with van der Waals surface area (Å²) in [5.41, 5.74) is 11.5. The van der Waals surface area contributed by atoms with Crippen LogP contribution in [-0.2, 0) is 19.3 Å². The lowest BCUT2D eigenvalue weighted by Crippen LogP contribution is -2.40. The molecule has 2 aliphatic rings. The first-order valence-electron chi connectivity index (χ1n) is 7.75. The van der Waals surface area contributed by atoms with Gasteiger partial charge in [0.05, 0.1) is 6.04 Å². The smallest absolute Gasteiger partial charge is 0.135 e. The summed E-state index contributed by atoms with van der Waals surface area (Å²) in [5, 5.41) is 0. The predicted octanol–water partition coefficient (Wildman–Crippen LogP) is 2.03. The van der Waals surface area contributed by atoms with Gasteiger partial charge in [-0.15, -0.1) is 0 Å². The highest BCUT2D eigenvalue weighted by molar-refractivity contribution is 5.54. The van der Waals surface area contributed by atoms with E-state index in [1.807, 2.05) is 0 Å². The zero-order valence-electron chi connectivity index (χ0n) is 12.1. The number of hydrogen-bond acceptors (Lipinski definition) is 4. The first-order chi connectivity index (χ1) is 10.4. The lowest BCUT2D eigenvalue weighted by molar-refractivity contribution is 0.581. The lowest BCUT2D eigenvalue weighted by Gasteiger charge is -2.38. The maximum Gasteiger partial charge on any atom is 0.135 e. The van der Waals surface area contributed by atoms with Gasteiger partial charge in [-0.1, -0.05) is 24.3 Å². The number of rotatable bonds is 2. The van der Waals surface area contributed by atoms with Gasteiger partial charge in [0.2, 0.25) is 0 Å². The van der Waals surface area contributed by atoms with Crippen LogP contribution in [0.5, 0.6) is 0 Å². The fraction of sp³-hybridized carbons (Fsp3) is 0.412. The van der Waals surface area contributed by atoms with E-state index in [1.165, 1.54) is 28.8 Å². The molecule has 1 aliphatic carbocycles. The van der Waals surface area contributed by atoms with Crippen molar-refractivity contribution in [3.63, 3.8) is 0 Å². The van der Waals surface area contributed by atoms with E-state index in [0.29, 0.717) is 6.54 Å². The molecule has 4 nitrogen and oxygen atoms in total. The summed E-state index contributed by atoms with van der Waals surface area (Å²) < 4.78 is 0. The second-order valence-corrected chi connectivity index (χ2v) is 5.87. The summed E-state index contributed by atoms with van der Waals surface area (Å²) in [4.78, 5) is 11.4. The van der Waals surface area contributed by atoms with Crippen molar-refractivity contribution in [2.24, 2.45) is 5.73 Å². The van der Waals surface area contributed by atoms with E-state index < -0.39 is 0 Å². The molecule has 0 saturated heterocycles. The third-order valence-corrected chi connectivity index (χ3v) is 4.76. The highest BCUT2D eigenvalue weighted by atomic mass is 15.2. The van der Waals surface area contributed by atoms with Crippen molar-refractivity contribution >= 4 is 5.82 Å². The first-order valence-corrected chi connectivity index (χ1v) is 7.75. The van der Waals surface area contributed by atoms with Gasteiger partial charge in [0, 0.05) is 24.3 Å². The Morgan fingerprint density at radius 3 is 2.95 bits per heavy atom. The molecule has 4 rings (SSSR count). The fourth-order valence-corrected chi connectivity index (χ4v) is 3.75. The Hall–Kier alpha value is -1.94. The molecule has 1 aliphatic heterocycles. The molecule has 0 saturated carbocycles. The standard InChI is InChI=1S/C17H20N4/c18-10-16-13-5-2-1-4-12(13)8-9-21(16)17-14-6-3-7-15(14)19-11-20-17/h1-2,4-5,11,16H,3,6-10,18H2. The Morgan fingerprint density at radius 2 is 2.05 bits per heavy atom. The van der Waals surface area contributed by atoms with Gasteiger partial charge in [-0.25, -0.2) is 9.97 Å². The van der Waals surface area contributed by atoms with Crippen molar-refractivity contribution in [3.05, 3.63) is 53.0 Å². The molecule has 1 aromatic carbocycles. The molecule has 2 N–H and O–H groups in total. The van der Waals surface area contributed by atoms with Crippen LogP contribution in [0.15, 0.2) is 30.6 Å². The maximum absolute atomic E-state index is 6.11. The van der Waals surface area contributed by atoms with E-state index in [9.17, 15) is 0 Å². The van der Waals surface area contributed by atoms with Crippen LogP contribution in [-0.4, -0.2) is 23.1 Å². The molecule has 0 fully saturated rings. The van der Waals surface area contributed by atoms with Gasteiger partial charge in [-0.3, -0.25) is 0 Å². The quantitative estimate of drug-likeness (QED) is 0.914. The van der Waals surface area contributed by atoms with Crippen LogP contribution in [0.3, 0.4) is 0 Å². The first kappa shape index (κ1) is 12.8. The lowest BCUT2D eigenvalue weighted by atomic mass is 9.92. The van der Waals surface area contributed by atoms with Gasteiger partial charge in [-0.2, -0.15) is 0 Å². The Labute approximate surface area is 125 Å². The molecule has 2 aromatic rings. The number of hydrogen-bond donors (Lipinski definition) is 1. The summed E-state index contributed by atoms with van der Waals surface area (Å²) in [6, 6.07) is 8.88. The van der Waals surface area contributed by atoms with Gasteiger partial charge < -0.3 is 10.6 Å². The Kier molecular flexibility index (Phi) is 3.11. The summed E-state index contributed by atoms with van der Waals surface area (Å²) in [6.45, 7) is 1.61. The summed E-state index contributed by atoms with van der Waals surface area (Å²) in [7, 11) is 0. The average Bonchev–Trinajstić information content (AvgIpc) is 3.02. The number of aromatic nitrogens is 2. The monoisotopic (exact) mass is 280 g/mol. The maximum atomic E-state index is 6.11. The van der Waals surface area contributed by atoms with E-state index in [4.69, 9.17) is 5.73 Å². The van der Waals surface area contributed by atoms with Crippen LogP contribution < -0.4 is 10.6 Å². The van der Waals surface area contributed by atoms with Crippen molar-refractivity contribution in [2.75, 3.05) is 18.0 Å². The Bertz CT molecular complexity index is 668. The molecule has 2 heterocycles. The SMILES string of the molecule is NCC1c2ccccc2CCN1c1ncnc2c1CCC2. The van der Waals surface area contributed by atoms with Crippen LogP contribution >= 0.6 is 0 Å². The highest BCUT2D eigenvalue weighted by Crippen LogP contribution is 2.36. The minimum Gasteiger partial charge on any atom is -0.348 e. The van der Waals surface area contributed by atoms with Crippen LogP contribution in [0.1, 0.15) is 34.8 Å². The second-order valence-electron chi connectivity index (χ2n) is 5.87. The zero-order valence-corrected chi connectivity index (χ0v) is 12.1. The highest BCUT2D eigenvalue weighted by Gasteiger charge is 2.30. The van der Waals surface area contributed by atoms with Crippen LogP contribution in [0.25, 0.3) is 0 Å². The largest absolute Gasteiger partial charge is 0.348 e. The van der Waals surface area contributed by atoms with Crippen molar-refractivity contribution in [3.8, 4) is 0 Å². The van der Waals surface area contributed by atoms with E-state index in [0.717, 1.165) is 31.6 Å². The van der Waals surface area contributed by atoms with E-state index in [1.54, 1.807) is 6.33 Å². The minimum atomic E-state index is 0.231. The second kappa shape index (κ2) is 5.11.